The Balaban J connectivity index is 1.94. The van der Waals surface area contributed by atoms with Gasteiger partial charge in [0.2, 0.25) is 0 Å². The minimum Gasteiger partial charge on any atom is -0.378 e. The van der Waals surface area contributed by atoms with Gasteiger partial charge in [-0.1, -0.05) is 17.9 Å². The number of hydrogen-bond donors (Lipinski definition) is 3. The Morgan fingerprint density at radius 2 is 1.96 bits per heavy atom. The number of pyridine rings is 2. The van der Waals surface area contributed by atoms with E-state index < -0.39 is 11.8 Å². The molecule has 0 bridgehead atoms. The number of aliphatic hydroxyl groups excluding tert-OH is 1. The molecule has 0 saturated heterocycles. The van der Waals surface area contributed by atoms with Gasteiger partial charge in [0.25, 0.3) is 0 Å². The minimum atomic E-state index is -1.12. The van der Waals surface area contributed by atoms with Gasteiger partial charge in [-0.3, -0.25) is 0 Å². The van der Waals surface area contributed by atoms with Gasteiger partial charge >= 0.3 is 0 Å². The van der Waals surface area contributed by atoms with Crippen molar-refractivity contribution >= 4 is 23.4 Å². The monoisotopic (exact) mass is 364 g/mol. The topological polar surface area (TPSA) is 81.5 Å². The molecule has 3 rings (SSSR count). The molecule has 3 heterocycles. The van der Waals surface area contributed by atoms with Crippen molar-refractivity contribution < 1.29 is 10.2 Å². The molecular weight excluding hydrogens is 340 g/mol. The number of nitrogens with one attached hydrogen (secondary N) is 1. The minimum absolute atomic E-state index is 0.536. The summed E-state index contributed by atoms with van der Waals surface area (Å²) in [5.41, 5.74) is 2.23. The summed E-state index contributed by atoms with van der Waals surface area (Å²) >= 11 is 0. The average molecular weight is 364 g/mol. The number of fused-ring (bicyclic) bond motifs is 1. The Labute approximate surface area is 159 Å². The zero-order chi connectivity index (χ0) is 19.6. The van der Waals surface area contributed by atoms with E-state index >= 15 is 0 Å². The highest BCUT2D eigenvalue weighted by Crippen LogP contribution is 2.33. The second-order valence-corrected chi connectivity index (χ2v) is 7.04. The third-order valence-electron chi connectivity index (χ3n) is 4.13. The van der Waals surface area contributed by atoms with Gasteiger partial charge in [-0.25, -0.2) is 9.97 Å². The Morgan fingerprint density at radius 3 is 2.59 bits per heavy atom. The fraction of sp³-hybridized carbons (Fsp3) is 0.333. The maximum Gasteiger partial charge on any atom is 0.161 e. The van der Waals surface area contributed by atoms with E-state index in [2.05, 4.69) is 27.1 Å². The molecule has 0 aliphatic carbocycles. The maximum atomic E-state index is 10.7. The molecule has 1 aliphatic heterocycles. The highest BCUT2D eigenvalue weighted by Gasteiger charge is 2.26. The largest absolute Gasteiger partial charge is 0.378 e. The third-order valence-corrected chi connectivity index (χ3v) is 4.13. The SMILES string of the molecule is CCN1c2cc(Nc3ccc(C)cn3)ncc2C=C(C#CC(C)(C)O)C1O. The summed E-state index contributed by atoms with van der Waals surface area (Å²) in [6.45, 7) is 7.77. The predicted octanol–water partition coefficient (Wildman–Crippen LogP) is 2.84. The first-order valence-electron chi connectivity index (χ1n) is 8.88. The molecule has 140 valence electrons. The summed E-state index contributed by atoms with van der Waals surface area (Å²) in [5, 5.41) is 23.7. The first-order chi connectivity index (χ1) is 12.8. The molecular formula is C21H24N4O2. The molecule has 1 unspecified atom stereocenters. The van der Waals surface area contributed by atoms with Crippen molar-refractivity contribution in [3.8, 4) is 11.8 Å². The number of hydrogen-bond acceptors (Lipinski definition) is 6. The zero-order valence-corrected chi connectivity index (χ0v) is 16.0. The Kier molecular flexibility index (Phi) is 5.17. The van der Waals surface area contributed by atoms with Gasteiger partial charge in [0, 0.05) is 30.6 Å². The van der Waals surface area contributed by atoms with Crippen LogP contribution in [-0.2, 0) is 0 Å². The molecule has 1 atom stereocenters. The van der Waals surface area contributed by atoms with Gasteiger partial charge in [0.15, 0.2) is 6.23 Å². The van der Waals surface area contributed by atoms with E-state index in [1.54, 1.807) is 26.2 Å². The molecule has 0 saturated carbocycles. The normalized spacial score (nSPS) is 16.1. The van der Waals surface area contributed by atoms with E-state index in [4.69, 9.17) is 0 Å². The predicted molar refractivity (Wildman–Crippen MR) is 108 cm³/mol. The Bertz CT molecular complexity index is 918. The number of aliphatic hydroxyl groups is 2. The summed E-state index contributed by atoms with van der Waals surface area (Å²) in [7, 11) is 0. The molecule has 6 heteroatoms. The van der Waals surface area contributed by atoms with Crippen LogP contribution in [0.2, 0.25) is 0 Å². The van der Waals surface area contributed by atoms with Crippen LogP contribution in [0, 0.1) is 18.8 Å². The van der Waals surface area contributed by atoms with Crippen molar-refractivity contribution in [3.05, 3.63) is 47.3 Å². The average Bonchev–Trinajstić information content (AvgIpc) is 2.61. The van der Waals surface area contributed by atoms with Gasteiger partial charge in [-0.15, -0.1) is 0 Å². The highest BCUT2D eigenvalue weighted by atomic mass is 16.3. The van der Waals surface area contributed by atoms with Crippen molar-refractivity contribution in [3.63, 3.8) is 0 Å². The number of likely N-dealkylation sites (N-methyl/N-ethyl adjacent to an activating group) is 1. The number of aromatic nitrogens is 2. The fourth-order valence-electron chi connectivity index (χ4n) is 2.77. The van der Waals surface area contributed by atoms with Crippen LogP contribution in [0.3, 0.4) is 0 Å². The molecule has 27 heavy (non-hydrogen) atoms. The van der Waals surface area contributed by atoms with Crippen molar-refractivity contribution in [1.82, 2.24) is 9.97 Å². The van der Waals surface area contributed by atoms with E-state index in [9.17, 15) is 10.2 Å². The zero-order valence-electron chi connectivity index (χ0n) is 16.0. The standard InChI is InChI=1S/C21H24N4O2/c1-5-25-17-11-19(24-18-7-6-14(2)12-22-18)23-13-16(17)10-15(20(25)26)8-9-21(3,4)27/h6-7,10-13,20,26-27H,5H2,1-4H3,(H,22,23,24). The van der Waals surface area contributed by atoms with Crippen molar-refractivity contribution in [1.29, 1.82) is 0 Å². The molecule has 1 aliphatic rings. The van der Waals surface area contributed by atoms with Crippen LogP contribution in [0.5, 0.6) is 0 Å². The van der Waals surface area contributed by atoms with E-state index in [0.29, 0.717) is 23.8 Å². The van der Waals surface area contributed by atoms with E-state index in [-0.39, 0.29) is 0 Å². The number of anilines is 3. The Morgan fingerprint density at radius 1 is 1.22 bits per heavy atom. The van der Waals surface area contributed by atoms with Crippen LogP contribution < -0.4 is 10.2 Å². The van der Waals surface area contributed by atoms with Crippen LogP contribution in [0.1, 0.15) is 31.9 Å². The van der Waals surface area contributed by atoms with Crippen LogP contribution in [0.4, 0.5) is 17.3 Å². The number of nitrogens with zero attached hydrogens (tertiary/aromatic N) is 3. The van der Waals surface area contributed by atoms with Gasteiger partial charge in [0.1, 0.15) is 17.2 Å². The van der Waals surface area contributed by atoms with Crippen molar-refractivity contribution in [2.45, 2.75) is 39.5 Å². The first-order valence-corrected chi connectivity index (χ1v) is 8.88. The summed E-state index contributed by atoms with van der Waals surface area (Å²) in [5.74, 6) is 7.00. The summed E-state index contributed by atoms with van der Waals surface area (Å²) in [6.07, 6.45) is 4.47. The van der Waals surface area contributed by atoms with E-state index in [1.165, 1.54) is 0 Å². The highest BCUT2D eigenvalue weighted by molar-refractivity contribution is 5.78. The van der Waals surface area contributed by atoms with Gasteiger partial charge in [0.05, 0.1) is 11.3 Å². The lowest BCUT2D eigenvalue weighted by atomic mass is 10.0. The fourth-order valence-corrected chi connectivity index (χ4v) is 2.77. The smallest absolute Gasteiger partial charge is 0.161 e. The molecule has 3 N–H and O–H groups in total. The molecule has 6 nitrogen and oxygen atoms in total. The molecule has 0 radical (unpaired) electrons. The molecule has 2 aromatic rings. The second kappa shape index (κ2) is 7.39. The Hall–Kier alpha value is -2.88. The van der Waals surface area contributed by atoms with Gasteiger partial charge < -0.3 is 20.4 Å². The lowest BCUT2D eigenvalue weighted by Gasteiger charge is -2.34. The molecule has 0 amide bonds. The number of rotatable bonds is 3. The molecule has 0 aromatic carbocycles. The summed E-state index contributed by atoms with van der Waals surface area (Å²) in [6, 6.07) is 5.76. The van der Waals surface area contributed by atoms with Crippen molar-refractivity contribution in [2.24, 2.45) is 0 Å². The van der Waals surface area contributed by atoms with Crippen LogP contribution >= 0.6 is 0 Å². The lowest BCUT2D eigenvalue weighted by molar-refractivity contribution is 0.143. The van der Waals surface area contributed by atoms with Crippen LogP contribution in [0.25, 0.3) is 6.08 Å². The van der Waals surface area contributed by atoms with Gasteiger partial charge in [-0.05, 0) is 45.4 Å². The number of aryl methyl sites for hydroxylation is 1. The molecule has 0 spiro atoms. The molecule has 2 aromatic heterocycles. The first kappa shape index (κ1) is 18.9. The second-order valence-electron chi connectivity index (χ2n) is 7.04. The summed E-state index contributed by atoms with van der Waals surface area (Å²) < 4.78 is 0. The summed E-state index contributed by atoms with van der Waals surface area (Å²) in [4.78, 5) is 10.6. The van der Waals surface area contributed by atoms with Crippen molar-refractivity contribution in [2.75, 3.05) is 16.8 Å². The lowest BCUT2D eigenvalue weighted by Crippen LogP contribution is -2.38. The quantitative estimate of drug-likeness (QED) is 0.727. The maximum absolute atomic E-state index is 10.7. The van der Waals surface area contributed by atoms with Crippen LogP contribution in [0.15, 0.2) is 36.2 Å². The van der Waals surface area contributed by atoms with E-state index in [1.807, 2.05) is 43.0 Å². The third kappa shape index (κ3) is 4.45. The van der Waals surface area contributed by atoms with Crippen LogP contribution in [-0.4, -0.2) is 38.6 Å². The van der Waals surface area contributed by atoms with E-state index in [0.717, 1.165) is 16.8 Å². The van der Waals surface area contributed by atoms with Gasteiger partial charge in [-0.2, -0.15) is 0 Å². The molecule has 0 fully saturated rings.